The van der Waals surface area contributed by atoms with E-state index in [4.69, 9.17) is 4.74 Å². The van der Waals surface area contributed by atoms with Crippen LogP contribution < -0.4 is 0 Å². The summed E-state index contributed by atoms with van der Waals surface area (Å²) in [5.74, 6) is 0. The molecule has 9 heavy (non-hydrogen) atoms. The number of allylic oxidation sites excluding steroid dienone is 1. The molecule has 0 unspecified atom stereocenters. The molecule has 0 saturated heterocycles. The van der Waals surface area contributed by atoms with Crippen LogP contribution in [0.2, 0.25) is 0 Å². The minimum atomic E-state index is -0.0799. The third-order valence-electron chi connectivity index (χ3n) is 1.08. The Kier molecular flexibility index (Phi) is 3.55. The van der Waals surface area contributed by atoms with Gasteiger partial charge in [-0.15, -0.1) is 0 Å². The fraction of sp³-hybridized carbons (Fsp3) is 0.750. The van der Waals surface area contributed by atoms with Crippen LogP contribution in [0.5, 0.6) is 0 Å². The Morgan fingerprint density at radius 3 is 2.33 bits per heavy atom. The van der Waals surface area contributed by atoms with Crippen LogP contribution in [-0.4, -0.2) is 12.2 Å². The van der Waals surface area contributed by atoms with Crippen molar-refractivity contribution >= 4 is 0 Å². The van der Waals surface area contributed by atoms with Gasteiger partial charge in [0.1, 0.15) is 0 Å². The summed E-state index contributed by atoms with van der Waals surface area (Å²) in [6, 6.07) is 0. The zero-order valence-corrected chi connectivity index (χ0v) is 6.77. The molecular formula is C8H16O. The van der Waals surface area contributed by atoms with E-state index in [1.807, 2.05) is 19.9 Å². The molecule has 0 bridgehead atoms. The van der Waals surface area contributed by atoms with Crippen molar-refractivity contribution in [3.63, 3.8) is 0 Å². The molecule has 0 heterocycles. The maximum absolute atomic E-state index is 5.38. The van der Waals surface area contributed by atoms with E-state index < -0.39 is 0 Å². The maximum Gasteiger partial charge on any atom is 0.0806 e. The summed E-state index contributed by atoms with van der Waals surface area (Å²) in [6.07, 6.45) is 4.06. The van der Waals surface area contributed by atoms with Gasteiger partial charge in [0.15, 0.2) is 0 Å². The zero-order chi connectivity index (χ0) is 7.33. The van der Waals surface area contributed by atoms with Crippen molar-refractivity contribution in [2.24, 2.45) is 0 Å². The molecule has 54 valence electrons. The molecule has 0 aromatic heterocycles. The van der Waals surface area contributed by atoms with Crippen molar-refractivity contribution in [1.82, 2.24) is 0 Å². The smallest absolute Gasteiger partial charge is 0.0806 e. The summed E-state index contributed by atoms with van der Waals surface area (Å²) in [7, 11) is 0. The molecule has 0 N–H and O–H groups in total. The number of rotatable bonds is 3. The highest BCUT2D eigenvalue weighted by Gasteiger charge is 2.10. The van der Waals surface area contributed by atoms with E-state index in [9.17, 15) is 0 Å². The molecule has 0 rings (SSSR count). The molecule has 0 aromatic rings. The van der Waals surface area contributed by atoms with Gasteiger partial charge in [-0.2, -0.15) is 0 Å². The summed E-state index contributed by atoms with van der Waals surface area (Å²) >= 11 is 0. The van der Waals surface area contributed by atoms with Crippen molar-refractivity contribution in [2.75, 3.05) is 6.61 Å². The molecule has 0 radical (unpaired) electrons. The Balaban J connectivity index is 3.70. The van der Waals surface area contributed by atoms with Crippen LogP contribution in [0, 0.1) is 0 Å². The Labute approximate surface area is 57.7 Å². The van der Waals surface area contributed by atoms with E-state index in [-0.39, 0.29) is 5.60 Å². The van der Waals surface area contributed by atoms with E-state index in [0.29, 0.717) is 0 Å². The summed E-state index contributed by atoms with van der Waals surface area (Å²) < 4.78 is 5.38. The van der Waals surface area contributed by atoms with Gasteiger partial charge in [0.2, 0.25) is 0 Å². The zero-order valence-electron chi connectivity index (χ0n) is 6.77. The van der Waals surface area contributed by atoms with Gasteiger partial charge in [-0.25, -0.2) is 0 Å². The Bertz CT molecular complexity index is 92.7. The first-order chi connectivity index (χ1) is 4.12. The third kappa shape index (κ3) is 4.22. The molecule has 0 aromatic carbocycles. The standard InChI is InChI=1S/C8H16O/c1-5-7-8(3,4)9-6-2/h5,7H,6H2,1-4H3. The van der Waals surface area contributed by atoms with Gasteiger partial charge in [-0.3, -0.25) is 0 Å². The Morgan fingerprint density at radius 2 is 2.00 bits per heavy atom. The SMILES string of the molecule is CC=CC(C)(C)OCC. The van der Waals surface area contributed by atoms with Gasteiger partial charge >= 0.3 is 0 Å². The monoisotopic (exact) mass is 128 g/mol. The molecule has 0 aliphatic carbocycles. The van der Waals surface area contributed by atoms with Gasteiger partial charge < -0.3 is 4.74 Å². The minimum absolute atomic E-state index is 0.0799. The molecule has 0 amide bonds. The molecule has 0 saturated carbocycles. The van der Waals surface area contributed by atoms with Gasteiger partial charge in [0, 0.05) is 6.61 Å². The minimum Gasteiger partial charge on any atom is -0.372 e. The summed E-state index contributed by atoms with van der Waals surface area (Å²) in [4.78, 5) is 0. The van der Waals surface area contributed by atoms with Gasteiger partial charge in [-0.05, 0) is 27.7 Å². The van der Waals surface area contributed by atoms with Crippen LogP contribution in [0.1, 0.15) is 27.7 Å². The lowest BCUT2D eigenvalue weighted by atomic mass is 10.1. The molecule has 0 aliphatic rings. The second-order valence-electron chi connectivity index (χ2n) is 2.54. The fourth-order valence-electron chi connectivity index (χ4n) is 0.821. The lowest BCUT2D eigenvalue weighted by molar-refractivity contribution is 0.0284. The van der Waals surface area contributed by atoms with Gasteiger partial charge in [0.25, 0.3) is 0 Å². The first-order valence-corrected chi connectivity index (χ1v) is 3.40. The number of hydrogen-bond donors (Lipinski definition) is 0. The largest absolute Gasteiger partial charge is 0.372 e. The van der Waals surface area contributed by atoms with Crippen molar-refractivity contribution < 1.29 is 4.74 Å². The Morgan fingerprint density at radius 1 is 1.44 bits per heavy atom. The fourth-order valence-corrected chi connectivity index (χ4v) is 0.821. The van der Waals surface area contributed by atoms with Crippen LogP contribution in [0.4, 0.5) is 0 Å². The summed E-state index contributed by atoms with van der Waals surface area (Å²) in [5, 5.41) is 0. The molecular weight excluding hydrogens is 112 g/mol. The molecule has 0 fully saturated rings. The number of ether oxygens (including phenoxy) is 1. The summed E-state index contributed by atoms with van der Waals surface area (Å²) in [5.41, 5.74) is -0.0799. The normalized spacial score (nSPS) is 12.9. The maximum atomic E-state index is 5.38. The van der Waals surface area contributed by atoms with Crippen LogP contribution in [0.3, 0.4) is 0 Å². The van der Waals surface area contributed by atoms with E-state index in [1.54, 1.807) is 0 Å². The van der Waals surface area contributed by atoms with Crippen molar-refractivity contribution in [1.29, 1.82) is 0 Å². The summed E-state index contributed by atoms with van der Waals surface area (Å²) in [6.45, 7) is 8.89. The van der Waals surface area contributed by atoms with Gasteiger partial charge in [-0.1, -0.05) is 12.2 Å². The molecule has 0 spiro atoms. The predicted molar refractivity (Wildman–Crippen MR) is 40.5 cm³/mol. The lowest BCUT2D eigenvalue weighted by Crippen LogP contribution is -2.20. The second kappa shape index (κ2) is 3.67. The van der Waals surface area contributed by atoms with Gasteiger partial charge in [0.05, 0.1) is 5.60 Å². The quantitative estimate of drug-likeness (QED) is 0.530. The van der Waals surface area contributed by atoms with E-state index in [1.165, 1.54) is 0 Å². The first kappa shape index (κ1) is 8.70. The van der Waals surface area contributed by atoms with E-state index >= 15 is 0 Å². The lowest BCUT2D eigenvalue weighted by Gasteiger charge is -2.19. The van der Waals surface area contributed by atoms with Crippen LogP contribution in [-0.2, 0) is 4.74 Å². The molecule has 0 aliphatic heterocycles. The van der Waals surface area contributed by atoms with Crippen LogP contribution >= 0.6 is 0 Å². The topological polar surface area (TPSA) is 9.23 Å². The highest BCUT2D eigenvalue weighted by Crippen LogP contribution is 2.09. The van der Waals surface area contributed by atoms with Crippen LogP contribution in [0.15, 0.2) is 12.2 Å². The predicted octanol–water partition coefficient (Wildman–Crippen LogP) is 2.38. The van der Waals surface area contributed by atoms with E-state index in [0.717, 1.165) is 6.61 Å². The second-order valence-corrected chi connectivity index (χ2v) is 2.54. The molecule has 1 heteroatoms. The van der Waals surface area contributed by atoms with Crippen LogP contribution in [0.25, 0.3) is 0 Å². The molecule has 0 atom stereocenters. The van der Waals surface area contributed by atoms with Crippen molar-refractivity contribution in [2.45, 2.75) is 33.3 Å². The average molecular weight is 128 g/mol. The highest BCUT2D eigenvalue weighted by molar-refractivity contribution is 4.94. The van der Waals surface area contributed by atoms with Crippen molar-refractivity contribution in [3.05, 3.63) is 12.2 Å². The average Bonchev–Trinajstić information content (AvgIpc) is 1.64. The van der Waals surface area contributed by atoms with E-state index in [2.05, 4.69) is 19.9 Å². The Hall–Kier alpha value is -0.300. The molecule has 1 nitrogen and oxygen atoms in total. The van der Waals surface area contributed by atoms with Crippen molar-refractivity contribution in [3.8, 4) is 0 Å². The first-order valence-electron chi connectivity index (χ1n) is 3.40. The number of hydrogen-bond acceptors (Lipinski definition) is 1. The highest BCUT2D eigenvalue weighted by atomic mass is 16.5. The third-order valence-corrected chi connectivity index (χ3v) is 1.08.